The zero-order chi connectivity index (χ0) is 15.8. The lowest BCUT2D eigenvalue weighted by molar-refractivity contribution is -0.138. The Morgan fingerprint density at radius 1 is 1.30 bits per heavy atom. The molecule has 1 aromatic rings. The molecule has 4 rings (SSSR count). The Morgan fingerprint density at radius 2 is 2.13 bits per heavy atom. The van der Waals surface area contributed by atoms with E-state index in [2.05, 4.69) is 10.1 Å². The molecule has 0 aliphatic carbocycles. The van der Waals surface area contributed by atoms with Gasteiger partial charge in [0.25, 0.3) is 0 Å². The van der Waals surface area contributed by atoms with Crippen LogP contribution in [0.15, 0.2) is 4.52 Å². The maximum Gasteiger partial charge on any atom is 0.229 e. The average molecular weight is 321 g/mol. The summed E-state index contributed by atoms with van der Waals surface area (Å²) in [6.07, 6.45) is 3.62. The minimum absolute atomic E-state index is 0.130. The third-order valence-corrected chi connectivity index (χ3v) is 5.17. The summed E-state index contributed by atoms with van der Waals surface area (Å²) in [5, 5.41) is 3.81. The Bertz CT molecular complexity index is 555. The molecule has 3 fully saturated rings. The average Bonchev–Trinajstić information content (AvgIpc) is 3.22. The van der Waals surface area contributed by atoms with Crippen molar-refractivity contribution < 1.29 is 18.8 Å². The maximum absolute atomic E-state index is 12.6. The van der Waals surface area contributed by atoms with Crippen molar-refractivity contribution in [2.45, 2.75) is 44.8 Å². The summed E-state index contributed by atoms with van der Waals surface area (Å²) >= 11 is 0. The van der Waals surface area contributed by atoms with Crippen LogP contribution in [0.4, 0.5) is 0 Å². The summed E-state index contributed by atoms with van der Waals surface area (Å²) in [5.41, 5.74) is 0. The molecule has 7 heteroatoms. The highest BCUT2D eigenvalue weighted by Crippen LogP contribution is 2.35. The van der Waals surface area contributed by atoms with E-state index in [0.717, 1.165) is 32.4 Å². The Morgan fingerprint density at radius 3 is 2.83 bits per heavy atom. The summed E-state index contributed by atoms with van der Waals surface area (Å²) in [7, 11) is 0. The number of hydrogen-bond donors (Lipinski definition) is 0. The largest absolute Gasteiger partial charge is 0.381 e. The lowest BCUT2D eigenvalue weighted by Gasteiger charge is -2.27. The van der Waals surface area contributed by atoms with E-state index in [4.69, 9.17) is 14.0 Å². The van der Waals surface area contributed by atoms with Crippen molar-refractivity contribution in [1.82, 2.24) is 15.0 Å². The van der Waals surface area contributed by atoms with Crippen LogP contribution in [0.2, 0.25) is 0 Å². The van der Waals surface area contributed by atoms with Crippen molar-refractivity contribution in [1.29, 1.82) is 0 Å². The molecule has 23 heavy (non-hydrogen) atoms. The van der Waals surface area contributed by atoms with Crippen LogP contribution in [0.25, 0.3) is 0 Å². The summed E-state index contributed by atoms with van der Waals surface area (Å²) in [5.74, 6) is 2.16. The van der Waals surface area contributed by atoms with Gasteiger partial charge in [-0.1, -0.05) is 5.16 Å². The number of carbonyl (C=O) groups is 1. The molecule has 0 saturated carbocycles. The minimum Gasteiger partial charge on any atom is -0.381 e. The molecular weight excluding hydrogens is 298 g/mol. The molecule has 0 N–H and O–H groups in total. The number of rotatable bonds is 3. The zero-order valence-electron chi connectivity index (χ0n) is 13.4. The van der Waals surface area contributed by atoms with E-state index in [1.54, 1.807) is 0 Å². The lowest BCUT2D eigenvalue weighted by Crippen LogP contribution is -2.38. The van der Waals surface area contributed by atoms with Gasteiger partial charge in [-0.3, -0.25) is 4.79 Å². The minimum atomic E-state index is 0.130. The fourth-order valence-corrected chi connectivity index (χ4v) is 3.99. The first-order valence-corrected chi connectivity index (χ1v) is 8.50. The van der Waals surface area contributed by atoms with Crippen LogP contribution in [0, 0.1) is 18.8 Å². The van der Waals surface area contributed by atoms with E-state index in [0.29, 0.717) is 37.3 Å². The molecule has 0 aromatic carbocycles. The standard InChI is InChI=1S/C16H23N3O4/c1-10-17-15(23-18-10)7-13-6-12-8-19(9-14(12)22-13)16(20)11-2-4-21-5-3-11/h11-14H,2-9H2,1H3/t12-,13-,14+/m0/s1. The Balaban J connectivity index is 1.30. The molecule has 0 unspecified atom stereocenters. The van der Waals surface area contributed by atoms with Crippen LogP contribution in [0.5, 0.6) is 0 Å². The van der Waals surface area contributed by atoms with Gasteiger partial charge in [-0.15, -0.1) is 0 Å². The number of fused-ring (bicyclic) bond motifs is 1. The van der Waals surface area contributed by atoms with Crippen LogP contribution in [-0.2, 0) is 20.7 Å². The molecule has 3 aliphatic rings. The smallest absolute Gasteiger partial charge is 0.229 e. The van der Waals surface area contributed by atoms with Crippen molar-refractivity contribution in [3.8, 4) is 0 Å². The van der Waals surface area contributed by atoms with Gasteiger partial charge in [-0.25, -0.2) is 0 Å². The summed E-state index contributed by atoms with van der Waals surface area (Å²) in [6.45, 7) is 4.77. The van der Waals surface area contributed by atoms with Crippen molar-refractivity contribution in [2.75, 3.05) is 26.3 Å². The van der Waals surface area contributed by atoms with Crippen molar-refractivity contribution >= 4 is 5.91 Å². The van der Waals surface area contributed by atoms with Crippen LogP contribution in [0.1, 0.15) is 31.0 Å². The third kappa shape index (κ3) is 3.12. The molecule has 3 atom stereocenters. The van der Waals surface area contributed by atoms with Crippen molar-refractivity contribution in [2.24, 2.45) is 11.8 Å². The van der Waals surface area contributed by atoms with E-state index < -0.39 is 0 Å². The van der Waals surface area contributed by atoms with Gasteiger partial charge in [0.05, 0.1) is 18.6 Å². The first-order chi connectivity index (χ1) is 11.2. The van der Waals surface area contributed by atoms with E-state index in [-0.39, 0.29) is 24.0 Å². The second-order valence-corrected chi connectivity index (χ2v) is 6.86. The van der Waals surface area contributed by atoms with Gasteiger partial charge in [-0.2, -0.15) is 4.98 Å². The van der Waals surface area contributed by atoms with E-state index >= 15 is 0 Å². The number of aromatic nitrogens is 2. The Kier molecular flexibility index (Phi) is 4.07. The normalized spacial score (nSPS) is 31.5. The molecule has 0 spiro atoms. The summed E-state index contributed by atoms with van der Waals surface area (Å²) < 4.78 is 16.6. The van der Waals surface area contributed by atoms with E-state index in [9.17, 15) is 4.79 Å². The molecule has 3 aliphatic heterocycles. The van der Waals surface area contributed by atoms with E-state index in [1.807, 2.05) is 11.8 Å². The number of ether oxygens (including phenoxy) is 2. The summed E-state index contributed by atoms with van der Waals surface area (Å²) in [4.78, 5) is 18.8. The number of nitrogens with zero attached hydrogens (tertiary/aromatic N) is 3. The molecule has 0 radical (unpaired) electrons. The topological polar surface area (TPSA) is 77.7 Å². The first kappa shape index (κ1) is 15.1. The number of aryl methyl sites for hydroxylation is 1. The van der Waals surface area contributed by atoms with Crippen LogP contribution in [-0.4, -0.2) is 59.5 Å². The highest BCUT2D eigenvalue weighted by molar-refractivity contribution is 5.79. The second-order valence-electron chi connectivity index (χ2n) is 6.86. The summed E-state index contributed by atoms with van der Waals surface area (Å²) in [6, 6.07) is 0. The van der Waals surface area contributed by atoms with Crippen LogP contribution < -0.4 is 0 Å². The van der Waals surface area contributed by atoms with Crippen LogP contribution in [0.3, 0.4) is 0 Å². The fourth-order valence-electron chi connectivity index (χ4n) is 3.99. The molecule has 0 bridgehead atoms. The van der Waals surface area contributed by atoms with Crippen molar-refractivity contribution in [3.05, 3.63) is 11.7 Å². The highest BCUT2D eigenvalue weighted by Gasteiger charge is 2.44. The molecule has 4 heterocycles. The third-order valence-electron chi connectivity index (χ3n) is 5.17. The number of hydrogen-bond acceptors (Lipinski definition) is 6. The van der Waals surface area contributed by atoms with Gasteiger partial charge >= 0.3 is 0 Å². The Hall–Kier alpha value is -1.47. The molecule has 1 amide bonds. The lowest BCUT2D eigenvalue weighted by atomic mass is 9.98. The highest BCUT2D eigenvalue weighted by atomic mass is 16.5. The fraction of sp³-hybridized carbons (Fsp3) is 0.812. The molecular formula is C16H23N3O4. The first-order valence-electron chi connectivity index (χ1n) is 8.50. The number of likely N-dealkylation sites (tertiary alicyclic amines) is 1. The predicted octanol–water partition coefficient (Wildman–Crippen LogP) is 0.963. The SMILES string of the molecule is Cc1noc(C[C@@H]2C[C@H]3CN(C(=O)C4CCOCC4)C[C@H]3O2)n1. The second kappa shape index (κ2) is 6.20. The zero-order valence-corrected chi connectivity index (χ0v) is 13.4. The Labute approximate surface area is 135 Å². The van der Waals surface area contributed by atoms with E-state index in [1.165, 1.54) is 0 Å². The monoisotopic (exact) mass is 321 g/mol. The van der Waals surface area contributed by atoms with Gasteiger partial charge in [-0.05, 0) is 26.2 Å². The maximum atomic E-state index is 12.6. The van der Waals surface area contributed by atoms with Gasteiger partial charge in [0, 0.05) is 38.1 Å². The number of amides is 1. The van der Waals surface area contributed by atoms with Gasteiger partial charge < -0.3 is 18.9 Å². The number of carbonyl (C=O) groups excluding carboxylic acids is 1. The van der Waals surface area contributed by atoms with Crippen molar-refractivity contribution in [3.63, 3.8) is 0 Å². The van der Waals surface area contributed by atoms with Gasteiger partial charge in [0.15, 0.2) is 5.82 Å². The molecule has 126 valence electrons. The molecule has 1 aromatic heterocycles. The van der Waals surface area contributed by atoms with Crippen LogP contribution >= 0.6 is 0 Å². The molecule has 3 saturated heterocycles. The predicted molar refractivity (Wildman–Crippen MR) is 79.6 cm³/mol. The van der Waals surface area contributed by atoms with Gasteiger partial charge in [0.2, 0.25) is 11.8 Å². The van der Waals surface area contributed by atoms with Gasteiger partial charge in [0.1, 0.15) is 0 Å². The quantitative estimate of drug-likeness (QED) is 0.825. The molecule has 7 nitrogen and oxygen atoms in total.